The van der Waals surface area contributed by atoms with E-state index < -0.39 is 11.7 Å². The predicted octanol–water partition coefficient (Wildman–Crippen LogP) is 2.80. The highest BCUT2D eigenvalue weighted by Crippen LogP contribution is 2.38. The summed E-state index contributed by atoms with van der Waals surface area (Å²) in [6, 6.07) is 7.43. The van der Waals surface area contributed by atoms with Gasteiger partial charge < -0.3 is 15.6 Å². The van der Waals surface area contributed by atoms with E-state index in [0.29, 0.717) is 23.8 Å². The molecule has 2 fully saturated rings. The van der Waals surface area contributed by atoms with Crippen molar-refractivity contribution in [2.45, 2.75) is 51.6 Å². The quantitative estimate of drug-likeness (QED) is 0.562. The van der Waals surface area contributed by atoms with Crippen LogP contribution in [0.4, 0.5) is 0 Å². The average Bonchev–Trinajstić information content (AvgIpc) is 3.11. The van der Waals surface area contributed by atoms with Gasteiger partial charge in [-0.3, -0.25) is 14.4 Å². The molecule has 6 heteroatoms. The SMILES string of the molecule is CCC1C(=O)NC2CC(NC(=O)C(=O)c3c[nH]c4ccccc34)CCC2C1C. The van der Waals surface area contributed by atoms with Crippen molar-refractivity contribution in [3.05, 3.63) is 36.0 Å². The molecule has 2 amide bonds. The molecule has 148 valence electrons. The van der Waals surface area contributed by atoms with Crippen LogP contribution in [0.2, 0.25) is 0 Å². The van der Waals surface area contributed by atoms with Crippen molar-refractivity contribution in [3.63, 3.8) is 0 Å². The number of fused-ring (bicyclic) bond motifs is 2. The lowest BCUT2D eigenvalue weighted by Gasteiger charge is -2.46. The van der Waals surface area contributed by atoms with Gasteiger partial charge in [0.05, 0.1) is 5.56 Å². The van der Waals surface area contributed by atoms with Crippen LogP contribution in [0.15, 0.2) is 30.5 Å². The Morgan fingerprint density at radius 2 is 2.00 bits per heavy atom. The van der Waals surface area contributed by atoms with Crippen LogP contribution in [0.3, 0.4) is 0 Å². The third-order valence-corrected chi connectivity index (χ3v) is 6.69. The maximum absolute atomic E-state index is 12.7. The summed E-state index contributed by atoms with van der Waals surface area (Å²) in [7, 11) is 0. The van der Waals surface area contributed by atoms with Crippen molar-refractivity contribution in [2.75, 3.05) is 0 Å². The van der Waals surface area contributed by atoms with E-state index in [9.17, 15) is 14.4 Å². The van der Waals surface area contributed by atoms with Crippen molar-refractivity contribution in [3.8, 4) is 0 Å². The summed E-state index contributed by atoms with van der Waals surface area (Å²) in [5, 5.41) is 6.81. The van der Waals surface area contributed by atoms with Gasteiger partial charge in [0.2, 0.25) is 5.91 Å². The van der Waals surface area contributed by atoms with E-state index in [0.717, 1.165) is 30.2 Å². The predicted molar refractivity (Wildman–Crippen MR) is 107 cm³/mol. The Morgan fingerprint density at radius 3 is 2.79 bits per heavy atom. The van der Waals surface area contributed by atoms with Gasteiger partial charge in [-0.25, -0.2) is 0 Å². The summed E-state index contributed by atoms with van der Waals surface area (Å²) >= 11 is 0. The van der Waals surface area contributed by atoms with Gasteiger partial charge in [-0.05, 0) is 43.6 Å². The van der Waals surface area contributed by atoms with Crippen LogP contribution < -0.4 is 10.6 Å². The van der Waals surface area contributed by atoms with Crippen molar-refractivity contribution in [2.24, 2.45) is 17.8 Å². The number of ketones is 1. The molecule has 1 aromatic carbocycles. The van der Waals surface area contributed by atoms with E-state index in [1.165, 1.54) is 0 Å². The molecule has 5 unspecified atom stereocenters. The molecule has 6 nitrogen and oxygen atoms in total. The third kappa shape index (κ3) is 3.21. The number of benzene rings is 1. The number of H-pyrrole nitrogens is 1. The highest BCUT2D eigenvalue weighted by atomic mass is 16.2. The molecule has 1 aromatic heterocycles. The van der Waals surface area contributed by atoms with Crippen molar-refractivity contribution >= 4 is 28.5 Å². The molecule has 4 rings (SSSR count). The second-order valence-corrected chi connectivity index (χ2v) is 8.21. The molecule has 1 saturated carbocycles. The Bertz CT molecular complexity index is 919. The van der Waals surface area contributed by atoms with Crippen LogP contribution in [0.25, 0.3) is 10.9 Å². The number of aromatic nitrogens is 1. The number of carbonyl (C=O) groups is 3. The molecule has 0 radical (unpaired) electrons. The van der Waals surface area contributed by atoms with Gasteiger partial charge in [0.15, 0.2) is 0 Å². The zero-order chi connectivity index (χ0) is 19.8. The topological polar surface area (TPSA) is 91.1 Å². The Morgan fingerprint density at radius 1 is 1.21 bits per heavy atom. The monoisotopic (exact) mass is 381 g/mol. The molecular weight excluding hydrogens is 354 g/mol. The molecule has 1 aliphatic carbocycles. The van der Waals surface area contributed by atoms with Crippen LogP contribution in [0.1, 0.15) is 49.9 Å². The minimum Gasteiger partial charge on any atom is -0.360 e. The summed E-state index contributed by atoms with van der Waals surface area (Å²) in [6.07, 6.45) is 4.93. The minimum absolute atomic E-state index is 0.0764. The number of amides is 2. The molecule has 28 heavy (non-hydrogen) atoms. The van der Waals surface area contributed by atoms with E-state index in [4.69, 9.17) is 0 Å². The van der Waals surface area contributed by atoms with E-state index in [-0.39, 0.29) is 23.9 Å². The lowest BCUT2D eigenvalue weighted by atomic mass is 9.67. The first kappa shape index (κ1) is 18.7. The number of hydrogen-bond acceptors (Lipinski definition) is 3. The number of carbonyl (C=O) groups excluding carboxylic acids is 3. The van der Waals surface area contributed by atoms with Gasteiger partial charge in [0.25, 0.3) is 11.7 Å². The number of Topliss-reactive ketones (excluding diaryl/α,β-unsaturated/α-hetero) is 1. The Hall–Kier alpha value is -2.63. The standard InChI is InChI=1S/C22H27N3O3/c1-3-14-12(2)15-9-8-13(10-19(15)25-21(14)27)24-22(28)20(26)17-11-23-18-7-5-4-6-16(17)18/h4-7,11-15,19,23H,3,8-10H2,1-2H3,(H,24,28)(H,25,27). The lowest BCUT2D eigenvalue weighted by molar-refractivity contribution is -0.133. The maximum Gasteiger partial charge on any atom is 0.292 e. The first-order valence-electron chi connectivity index (χ1n) is 10.2. The molecule has 3 N–H and O–H groups in total. The summed E-state index contributed by atoms with van der Waals surface area (Å²) < 4.78 is 0. The van der Waals surface area contributed by atoms with Gasteiger partial charge in [0.1, 0.15) is 0 Å². The Labute approximate surface area is 164 Å². The fourth-order valence-electron chi connectivity index (χ4n) is 5.14. The maximum atomic E-state index is 12.7. The summed E-state index contributed by atoms with van der Waals surface area (Å²) in [5.74, 6) is -0.0937. The van der Waals surface area contributed by atoms with Crippen LogP contribution in [-0.4, -0.2) is 34.7 Å². The number of rotatable bonds is 4. The number of nitrogens with one attached hydrogen (secondary N) is 3. The molecule has 0 bridgehead atoms. The van der Waals surface area contributed by atoms with Crippen molar-refractivity contribution in [1.82, 2.24) is 15.6 Å². The summed E-state index contributed by atoms with van der Waals surface area (Å²) in [6.45, 7) is 4.23. The van der Waals surface area contributed by atoms with Gasteiger partial charge in [-0.1, -0.05) is 32.0 Å². The fraction of sp³-hybridized carbons (Fsp3) is 0.500. The molecule has 2 aromatic rings. The van der Waals surface area contributed by atoms with Crippen LogP contribution in [0, 0.1) is 17.8 Å². The molecule has 1 aliphatic heterocycles. The first-order valence-corrected chi connectivity index (χ1v) is 10.2. The van der Waals surface area contributed by atoms with E-state index in [1.807, 2.05) is 24.3 Å². The number of piperidine rings is 1. The highest BCUT2D eigenvalue weighted by Gasteiger charge is 2.43. The largest absolute Gasteiger partial charge is 0.360 e. The zero-order valence-corrected chi connectivity index (χ0v) is 16.3. The molecule has 2 heterocycles. The lowest BCUT2D eigenvalue weighted by Crippen LogP contribution is -2.58. The van der Waals surface area contributed by atoms with E-state index in [2.05, 4.69) is 29.5 Å². The molecule has 0 spiro atoms. The zero-order valence-electron chi connectivity index (χ0n) is 16.3. The average molecular weight is 381 g/mol. The van der Waals surface area contributed by atoms with Gasteiger partial charge in [-0.15, -0.1) is 0 Å². The normalized spacial score (nSPS) is 29.8. The van der Waals surface area contributed by atoms with Crippen LogP contribution in [0.5, 0.6) is 0 Å². The summed E-state index contributed by atoms with van der Waals surface area (Å²) in [5.41, 5.74) is 1.23. The molecule has 1 saturated heterocycles. The number of aromatic amines is 1. The van der Waals surface area contributed by atoms with Crippen LogP contribution in [-0.2, 0) is 9.59 Å². The van der Waals surface area contributed by atoms with Crippen molar-refractivity contribution in [1.29, 1.82) is 0 Å². The van der Waals surface area contributed by atoms with Gasteiger partial charge in [-0.2, -0.15) is 0 Å². The molecule has 5 atom stereocenters. The Kier molecular flexibility index (Phi) is 4.96. The fourth-order valence-corrected chi connectivity index (χ4v) is 5.14. The second kappa shape index (κ2) is 7.41. The molecule has 2 aliphatic rings. The second-order valence-electron chi connectivity index (χ2n) is 8.21. The number of para-hydroxylation sites is 1. The third-order valence-electron chi connectivity index (χ3n) is 6.69. The van der Waals surface area contributed by atoms with Crippen molar-refractivity contribution < 1.29 is 14.4 Å². The Balaban J connectivity index is 1.42. The van der Waals surface area contributed by atoms with Gasteiger partial charge >= 0.3 is 0 Å². The molecular formula is C22H27N3O3. The smallest absolute Gasteiger partial charge is 0.292 e. The van der Waals surface area contributed by atoms with Crippen LogP contribution >= 0.6 is 0 Å². The first-order chi connectivity index (χ1) is 13.5. The highest BCUT2D eigenvalue weighted by molar-refractivity contribution is 6.45. The summed E-state index contributed by atoms with van der Waals surface area (Å²) in [4.78, 5) is 40.6. The van der Waals surface area contributed by atoms with Gasteiger partial charge in [0, 0.05) is 35.1 Å². The minimum atomic E-state index is -0.574. The van der Waals surface area contributed by atoms with E-state index in [1.54, 1.807) is 6.20 Å². The number of hydrogen-bond donors (Lipinski definition) is 3. The van der Waals surface area contributed by atoms with E-state index >= 15 is 0 Å².